The summed E-state index contributed by atoms with van der Waals surface area (Å²) >= 11 is 3.35. The Balaban J connectivity index is 3.13. The topological polar surface area (TPSA) is 86.6 Å². The SMILES string of the molecule is COCOc1cc(OC)c(Br)cc1CC(=NO)C(=O)OC. The molecule has 0 aliphatic heterocycles. The van der Waals surface area contributed by atoms with Crippen LogP contribution in [-0.2, 0) is 20.7 Å². The predicted octanol–water partition coefficient (Wildman–Crippen LogP) is 1.99. The van der Waals surface area contributed by atoms with Crippen LogP contribution in [0.3, 0.4) is 0 Å². The third kappa shape index (κ3) is 4.61. The molecule has 1 aromatic rings. The maximum absolute atomic E-state index is 11.5. The van der Waals surface area contributed by atoms with Gasteiger partial charge in [0.05, 0.1) is 18.7 Å². The highest BCUT2D eigenvalue weighted by Crippen LogP contribution is 2.33. The second-order valence-corrected chi connectivity index (χ2v) is 4.71. The van der Waals surface area contributed by atoms with Gasteiger partial charge in [0, 0.05) is 25.2 Å². The van der Waals surface area contributed by atoms with E-state index in [0.29, 0.717) is 21.5 Å². The van der Waals surface area contributed by atoms with E-state index in [4.69, 9.17) is 19.4 Å². The minimum Gasteiger partial charge on any atom is -0.495 e. The molecule has 7 nitrogen and oxygen atoms in total. The lowest BCUT2D eigenvalue weighted by Gasteiger charge is -2.14. The quantitative estimate of drug-likeness (QED) is 0.262. The summed E-state index contributed by atoms with van der Waals surface area (Å²) in [5.74, 6) is 0.287. The summed E-state index contributed by atoms with van der Waals surface area (Å²) in [7, 11) is 4.22. The fourth-order valence-corrected chi connectivity index (χ4v) is 2.13. The van der Waals surface area contributed by atoms with Crippen molar-refractivity contribution in [1.82, 2.24) is 0 Å². The van der Waals surface area contributed by atoms with Crippen molar-refractivity contribution in [1.29, 1.82) is 0 Å². The van der Waals surface area contributed by atoms with Gasteiger partial charge in [0.15, 0.2) is 12.5 Å². The number of methoxy groups -OCH3 is 3. The molecule has 0 radical (unpaired) electrons. The Kier molecular flexibility index (Phi) is 6.97. The van der Waals surface area contributed by atoms with E-state index in [1.807, 2.05) is 0 Å². The van der Waals surface area contributed by atoms with Gasteiger partial charge >= 0.3 is 5.97 Å². The molecule has 0 aromatic heterocycles. The van der Waals surface area contributed by atoms with Crippen molar-refractivity contribution in [3.63, 3.8) is 0 Å². The standard InChI is InChI=1S/C13H16BrNO6/c1-18-7-21-11-6-12(19-2)9(14)4-8(11)5-10(15-17)13(16)20-3/h4,6,17H,5,7H2,1-3H3. The average Bonchev–Trinajstić information content (AvgIpc) is 2.50. The molecule has 1 N–H and O–H groups in total. The van der Waals surface area contributed by atoms with E-state index in [1.165, 1.54) is 21.3 Å². The number of benzene rings is 1. The van der Waals surface area contributed by atoms with Gasteiger partial charge in [0.2, 0.25) is 0 Å². The van der Waals surface area contributed by atoms with Gasteiger partial charge in [-0.25, -0.2) is 4.79 Å². The van der Waals surface area contributed by atoms with Crippen molar-refractivity contribution in [3.05, 3.63) is 22.2 Å². The van der Waals surface area contributed by atoms with Crippen molar-refractivity contribution >= 4 is 27.6 Å². The van der Waals surface area contributed by atoms with Crippen molar-refractivity contribution < 1.29 is 28.9 Å². The monoisotopic (exact) mass is 361 g/mol. The highest BCUT2D eigenvalue weighted by molar-refractivity contribution is 9.10. The van der Waals surface area contributed by atoms with E-state index in [9.17, 15) is 4.79 Å². The molecule has 21 heavy (non-hydrogen) atoms. The van der Waals surface area contributed by atoms with E-state index >= 15 is 0 Å². The van der Waals surface area contributed by atoms with Gasteiger partial charge in [-0.05, 0) is 22.0 Å². The molecule has 0 aliphatic carbocycles. The lowest BCUT2D eigenvalue weighted by molar-refractivity contribution is -0.133. The number of hydrogen-bond acceptors (Lipinski definition) is 7. The molecule has 0 saturated heterocycles. The maximum Gasteiger partial charge on any atom is 0.356 e. The number of ether oxygens (including phenoxy) is 4. The van der Waals surface area contributed by atoms with E-state index in [-0.39, 0.29) is 18.9 Å². The number of esters is 1. The van der Waals surface area contributed by atoms with Crippen LogP contribution in [-0.4, -0.2) is 45.0 Å². The van der Waals surface area contributed by atoms with Crippen LogP contribution in [0.15, 0.2) is 21.8 Å². The second-order valence-electron chi connectivity index (χ2n) is 3.86. The first-order valence-electron chi connectivity index (χ1n) is 5.84. The fraction of sp³-hybridized carbons (Fsp3) is 0.385. The first-order chi connectivity index (χ1) is 10.1. The lowest BCUT2D eigenvalue weighted by Crippen LogP contribution is -2.19. The Morgan fingerprint density at radius 1 is 1.29 bits per heavy atom. The molecule has 0 aliphatic rings. The highest BCUT2D eigenvalue weighted by Gasteiger charge is 2.18. The average molecular weight is 362 g/mol. The summed E-state index contributed by atoms with van der Waals surface area (Å²) in [6.07, 6.45) is 0.0326. The molecule has 1 aromatic carbocycles. The van der Waals surface area contributed by atoms with Crippen molar-refractivity contribution in [2.75, 3.05) is 28.1 Å². The molecule has 0 spiro atoms. The Morgan fingerprint density at radius 3 is 2.52 bits per heavy atom. The van der Waals surface area contributed by atoms with Gasteiger partial charge < -0.3 is 24.2 Å². The zero-order chi connectivity index (χ0) is 15.8. The number of hydrogen-bond donors (Lipinski definition) is 1. The van der Waals surface area contributed by atoms with E-state index in [1.54, 1.807) is 12.1 Å². The number of nitrogens with zero attached hydrogens (tertiary/aromatic N) is 1. The Bertz CT molecular complexity index is 532. The van der Waals surface area contributed by atoms with Crippen molar-refractivity contribution in [2.45, 2.75) is 6.42 Å². The molecule has 0 amide bonds. The number of carbonyl (C=O) groups is 1. The number of rotatable bonds is 7. The van der Waals surface area contributed by atoms with Crippen molar-refractivity contribution in [3.8, 4) is 11.5 Å². The molecule has 116 valence electrons. The minimum absolute atomic E-state index is 0.0294. The summed E-state index contributed by atoms with van der Waals surface area (Å²) < 4.78 is 20.7. The molecule has 0 unspecified atom stereocenters. The Morgan fingerprint density at radius 2 is 2.00 bits per heavy atom. The summed E-state index contributed by atoms with van der Waals surface area (Å²) in [5.41, 5.74) is 0.467. The zero-order valence-electron chi connectivity index (χ0n) is 11.9. The third-order valence-corrected chi connectivity index (χ3v) is 3.19. The van der Waals surface area contributed by atoms with Crippen LogP contribution < -0.4 is 9.47 Å². The molecule has 8 heteroatoms. The first-order valence-corrected chi connectivity index (χ1v) is 6.64. The fourth-order valence-electron chi connectivity index (χ4n) is 1.57. The summed E-state index contributed by atoms with van der Waals surface area (Å²) in [4.78, 5) is 11.5. The normalized spacial score (nSPS) is 11.1. The molecule has 0 bridgehead atoms. The molecular formula is C13H16BrNO6. The third-order valence-electron chi connectivity index (χ3n) is 2.57. The molecular weight excluding hydrogens is 346 g/mol. The van der Waals surface area contributed by atoms with Gasteiger partial charge in [-0.3, -0.25) is 0 Å². The first kappa shape index (κ1) is 17.3. The van der Waals surface area contributed by atoms with Gasteiger partial charge in [-0.15, -0.1) is 0 Å². The predicted molar refractivity (Wildman–Crippen MR) is 78.1 cm³/mol. The summed E-state index contributed by atoms with van der Waals surface area (Å²) in [6.45, 7) is 0.0294. The van der Waals surface area contributed by atoms with Crippen LogP contribution in [0.4, 0.5) is 0 Å². The summed E-state index contributed by atoms with van der Waals surface area (Å²) in [6, 6.07) is 3.35. The number of halogens is 1. The van der Waals surface area contributed by atoms with Gasteiger partial charge in [0.25, 0.3) is 0 Å². The van der Waals surface area contributed by atoms with Crippen molar-refractivity contribution in [2.24, 2.45) is 5.16 Å². The van der Waals surface area contributed by atoms with E-state index in [0.717, 1.165) is 0 Å². The second kappa shape index (κ2) is 8.48. The minimum atomic E-state index is -0.720. The Hall–Kier alpha value is -1.80. The van der Waals surface area contributed by atoms with Crippen LogP contribution in [0.1, 0.15) is 5.56 Å². The smallest absolute Gasteiger partial charge is 0.356 e. The zero-order valence-corrected chi connectivity index (χ0v) is 13.5. The molecule has 0 heterocycles. The summed E-state index contributed by atoms with van der Waals surface area (Å²) in [5, 5.41) is 11.9. The van der Waals surface area contributed by atoms with Crippen LogP contribution >= 0.6 is 15.9 Å². The Labute approximate surface area is 130 Å². The van der Waals surface area contributed by atoms with Gasteiger partial charge in [-0.1, -0.05) is 5.16 Å². The van der Waals surface area contributed by atoms with E-state index < -0.39 is 5.97 Å². The van der Waals surface area contributed by atoms with Gasteiger partial charge in [0.1, 0.15) is 11.5 Å². The maximum atomic E-state index is 11.5. The van der Waals surface area contributed by atoms with E-state index in [2.05, 4.69) is 25.8 Å². The molecule has 0 fully saturated rings. The van der Waals surface area contributed by atoms with Crippen LogP contribution in [0.5, 0.6) is 11.5 Å². The molecule has 0 atom stereocenters. The van der Waals surface area contributed by atoms with Crippen LogP contribution in [0, 0.1) is 0 Å². The van der Waals surface area contributed by atoms with Crippen LogP contribution in [0.2, 0.25) is 0 Å². The van der Waals surface area contributed by atoms with Gasteiger partial charge in [-0.2, -0.15) is 0 Å². The number of carbonyl (C=O) groups excluding carboxylic acids is 1. The highest BCUT2D eigenvalue weighted by atomic mass is 79.9. The largest absolute Gasteiger partial charge is 0.495 e. The van der Waals surface area contributed by atoms with Crippen LogP contribution in [0.25, 0.3) is 0 Å². The number of oxime groups is 1. The molecule has 0 saturated carbocycles. The molecule has 1 rings (SSSR count). The lowest BCUT2D eigenvalue weighted by atomic mass is 10.1.